The van der Waals surface area contributed by atoms with Gasteiger partial charge < -0.3 is 48.0 Å². The summed E-state index contributed by atoms with van der Waals surface area (Å²) in [5, 5.41) is 24.0. The van der Waals surface area contributed by atoms with E-state index in [9.17, 15) is 29.4 Å². The van der Waals surface area contributed by atoms with Crippen LogP contribution in [0.2, 0.25) is 18.1 Å². The first kappa shape index (κ1) is 61.2. The molecule has 4 aliphatic rings. The molecule has 1 aliphatic carbocycles. The number of carbonyl (C=O) groups excluding carboxylic acids is 5. The van der Waals surface area contributed by atoms with Crippen molar-refractivity contribution in [3.05, 3.63) is 59.2 Å². The fourth-order valence-electron chi connectivity index (χ4n) is 11.4. The van der Waals surface area contributed by atoms with Crippen LogP contribution in [0.1, 0.15) is 145 Å². The molecule has 14 unspecified atom stereocenters. The zero-order valence-corrected chi connectivity index (χ0v) is 48.1. The van der Waals surface area contributed by atoms with Crippen molar-refractivity contribution in [2.45, 2.75) is 218 Å². The minimum atomic E-state index is -2.60. The summed E-state index contributed by atoms with van der Waals surface area (Å²) in [6.07, 6.45) is 3.63. The van der Waals surface area contributed by atoms with Crippen molar-refractivity contribution in [2.75, 3.05) is 27.9 Å². The van der Waals surface area contributed by atoms with Crippen LogP contribution in [0, 0.1) is 29.6 Å². The quantitative estimate of drug-likeness (QED) is 0.0872. The zero-order valence-electron chi connectivity index (χ0n) is 47.1. The summed E-state index contributed by atoms with van der Waals surface area (Å²) >= 11 is 0. The predicted molar refractivity (Wildman–Crippen MR) is 284 cm³/mol. The lowest BCUT2D eigenvalue weighted by Crippen LogP contribution is -2.64. The summed E-state index contributed by atoms with van der Waals surface area (Å²) in [7, 11) is 1.99. The fourth-order valence-corrected chi connectivity index (χ4v) is 12.9. The number of ketones is 2. The number of aliphatic hydroxyl groups is 2. The standard InChI is InChI=1S/C58H91NO14Si/c1-15-43-28-36(2)27-37(3)29-47(67-10)52-48(68-11)31-39(5)58(66,72-52)53(62)54(63)59-26-20-19-23-44(59)55(64)71-51(40(6)46(33-45(43)60)73-74(13,14)56(7,8)9)38(4)30-42-24-25-57(65,49(32-42)69-12)34-50(61)70-35-41-21-17-16-18-22-41/h16-18,21-22,28,30,37,39-40,42-44,46-49,51-52,65-66H,15,19-20,23-27,29,31-35H2,1-14H3/b36-28+,38-30?. The van der Waals surface area contributed by atoms with Crippen LogP contribution in [0.25, 0.3) is 0 Å². The van der Waals surface area contributed by atoms with Crippen molar-refractivity contribution >= 4 is 37.7 Å². The Hall–Kier alpha value is -3.61. The zero-order chi connectivity index (χ0) is 54.9. The first-order chi connectivity index (χ1) is 34.7. The van der Waals surface area contributed by atoms with Crippen molar-refractivity contribution in [2.24, 2.45) is 29.6 Å². The first-order valence-corrected chi connectivity index (χ1v) is 30.2. The van der Waals surface area contributed by atoms with Gasteiger partial charge in [0.25, 0.3) is 11.7 Å². The largest absolute Gasteiger partial charge is 0.461 e. The van der Waals surface area contributed by atoms with E-state index in [1.54, 1.807) is 21.1 Å². The van der Waals surface area contributed by atoms with Crippen LogP contribution in [0.3, 0.4) is 0 Å². The average molecular weight is 1050 g/mol. The van der Waals surface area contributed by atoms with Crippen LogP contribution in [0.4, 0.5) is 0 Å². The predicted octanol–water partition coefficient (Wildman–Crippen LogP) is 9.01. The molecule has 74 heavy (non-hydrogen) atoms. The highest BCUT2D eigenvalue weighted by Crippen LogP contribution is 2.43. The SMILES string of the molecule is CCC1/C=C(\C)CC(C)CC(OC)C2OC(O)(C(=O)C(=O)N3CCCCC3C(=O)OC(C(C)=CC3CCC(O)(CC(=O)OCc4ccccc4)C(OC)C3)C(C)C(O[Si](C)(C)C(C)(C)C)CC1=O)C(C)CC2OC. The molecule has 5 rings (SSSR count). The Balaban J connectivity index is 1.57. The lowest BCUT2D eigenvalue weighted by Gasteiger charge is -2.47. The molecule has 0 radical (unpaired) electrons. The number of amides is 1. The third-order valence-corrected chi connectivity index (χ3v) is 21.6. The van der Waals surface area contributed by atoms with Crippen molar-refractivity contribution in [3.63, 3.8) is 0 Å². The molecule has 2 bridgehead atoms. The van der Waals surface area contributed by atoms with Crippen LogP contribution >= 0.6 is 0 Å². The number of ether oxygens (including phenoxy) is 6. The van der Waals surface area contributed by atoms with Gasteiger partial charge in [0.05, 0.1) is 30.8 Å². The van der Waals surface area contributed by atoms with E-state index in [4.69, 9.17) is 32.8 Å². The Morgan fingerprint density at radius 3 is 2.19 bits per heavy atom. The summed E-state index contributed by atoms with van der Waals surface area (Å²) in [5.74, 6) is -8.02. The van der Waals surface area contributed by atoms with E-state index in [0.717, 1.165) is 11.1 Å². The van der Waals surface area contributed by atoms with E-state index in [2.05, 4.69) is 46.9 Å². The summed E-state index contributed by atoms with van der Waals surface area (Å²) < 4.78 is 43.6. The molecule has 0 aromatic heterocycles. The molecule has 15 nitrogen and oxygen atoms in total. The van der Waals surface area contributed by atoms with Gasteiger partial charge in [0.1, 0.15) is 36.2 Å². The van der Waals surface area contributed by atoms with Crippen molar-refractivity contribution in [3.8, 4) is 0 Å². The van der Waals surface area contributed by atoms with Gasteiger partial charge in [0, 0.05) is 52.0 Å². The average Bonchev–Trinajstić information content (AvgIpc) is 3.35. The third kappa shape index (κ3) is 14.9. The molecule has 3 fully saturated rings. The van der Waals surface area contributed by atoms with Crippen LogP contribution < -0.4 is 0 Å². The molecule has 2 saturated heterocycles. The number of carbonyl (C=O) groups is 5. The third-order valence-electron chi connectivity index (χ3n) is 17.1. The molecule has 1 aromatic carbocycles. The number of methoxy groups -OCH3 is 3. The lowest BCUT2D eigenvalue weighted by atomic mass is 9.74. The number of hydrogen-bond donors (Lipinski definition) is 2. The van der Waals surface area contributed by atoms with Gasteiger partial charge in [0.15, 0.2) is 8.32 Å². The Bertz CT molecular complexity index is 2140. The molecule has 416 valence electrons. The van der Waals surface area contributed by atoms with Crippen LogP contribution in [0.5, 0.6) is 0 Å². The summed E-state index contributed by atoms with van der Waals surface area (Å²) in [4.78, 5) is 73.4. The van der Waals surface area contributed by atoms with Gasteiger partial charge in [-0.2, -0.15) is 0 Å². The smallest absolute Gasteiger partial charge is 0.329 e. The fraction of sp³-hybridized carbons (Fsp3) is 0.741. The molecule has 14 atom stereocenters. The van der Waals surface area contributed by atoms with E-state index in [0.29, 0.717) is 50.5 Å². The van der Waals surface area contributed by atoms with Gasteiger partial charge in [-0.05, 0) is 119 Å². The molecule has 1 saturated carbocycles. The second-order valence-electron chi connectivity index (χ2n) is 23.8. The van der Waals surface area contributed by atoms with Crippen LogP contribution in [-0.2, 0) is 63.4 Å². The van der Waals surface area contributed by atoms with Gasteiger partial charge in [-0.1, -0.05) is 96.5 Å². The van der Waals surface area contributed by atoms with E-state index in [1.807, 2.05) is 64.1 Å². The van der Waals surface area contributed by atoms with Gasteiger partial charge in [-0.15, -0.1) is 0 Å². The molecule has 16 heteroatoms. The number of hydrogen-bond acceptors (Lipinski definition) is 14. The van der Waals surface area contributed by atoms with E-state index < -0.39 is 104 Å². The number of Topliss-reactive ketones (excluding diaryl/α,β-unsaturated/α-hetero) is 2. The first-order valence-electron chi connectivity index (χ1n) is 27.2. The summed E-state index contributed by atoms with van der Waals surface area (Å²) in [6.45, 7) is 22.4. The lowest BCUT2D eigenvalue weighted by molar-refractivity contribution is -0.302. The Labute approximate surface area is 442 Å². The highest BCUT2D eigenvalue weighted by atomic mass is 28.4. The number of allylic oxidation sites excluding steroid dienone is 3. The number of esters is 2. The maximum absolute atomic E-state index is 15.0. The molecular weight excluding hydrogens is 963 g/mol. The van der Waals surface area contributed by atoms with Crippen molar-refractivity contribution in [1.29, 1.82) is 0 Å². The molecule has 3 aliphatic heterocycles. The van der Waals surface area contributed by atoms with E-state index >= 15 is 4.79 Å². The molecule has 2 N–H and O–H groups in total. The highest BCUT2D eigenvalue weighted by Gasteiger charge is 2.57. The number of rotatable bonds is 12. The minimum Gasteiger partial charge on any atom is -0.461 e. The number of nitrogens with zero attached hydrogens (tertiary/aromatic N) is 1. The summed E-state index contributed by atoms with van der Waals surface area (Å²) in [5.41, 5.74) is 1.05. The molecule has 1 amide bonds. The van der Waals surface area contributed by atoms with Crippen LogP contribution in [0.15, 0.2) is 53.6 Å². The molecule has 3 heterocycles. The topological polar surface area (TPSA) is 194 Å². The Morgan fingerprint density at radius 1 is 0.905 bits per heavy atom. The monoisotopic (exact) mass is 1050 g/mol. The van der Waals surface area contributed by atoms with Gasteiger partial charge in [0.2, 0.25) is 5.79 Å². The molecular formula is C58H91NO14Si. The maximum Gasteiger partial charge on any atom is 0.329 e. The van der Waals surface area contributed by atoms with Gasteiger partial charge in [-0.25, -0.2) is 4.79 Å². The van der Waals surface area contributed by atoms with E-state index in [-0.39, 0.29) is 67.9 Å². The normalized spacial score (nSPS) is 35.7. The van der Waals surface area contributed by atoms with E-state index in [1.165, 1.54) is 12.0 Å². The maximum atomic E-state index is 15.0. The number of benzene rings is 1. The Kier molecular flexibility index (Phi) is 21.6. The minimum absolute atomic E-state index is 0.00809. The number of piperidine rings is 1. The molecule has 1 aromatic rings. The van der Waals surface area contributed by atoms with Gasteiger partial charge in [-0.3, -0.25) is 19.2 Å². The molecule has 0 spiro atoms. The number of fused-ring (bicyclic) bond motifs is 3. The van der Waals surface area contributed by atoms with Gasteiger partial charge >= 0.3 is 11.9 Å². The number of cyclic esters (lactones) is 1. The second-order valence-corrected chi connectivity index (χ2v) is 28.5. The van der Waals surface area contributed by atoms with Crippen molar-refractivity contribution < 1.29 is 67.0 Å². The Morgan fingerprint density at radius 2 is 1.57 bits per heavy atom. The summed E-state index contributed by atoms with van der Waals surface area (Å²) in [6, 6.07) is 8.17. The van der Waals surface area contributed by atoms with Crippen molar-refractivity contribution in [1.82, 2.24) is 4.90 Å². The highest BCUT2D eigenvalue weighted by molar-refractivity contribution is 6.74. The van der Waals surface area contributed by atoms with Crippen LogP contribution in [-0.4, -0.2) is 135 Å². The second kappa shape index (κ2) is 26.2.